The molecule has 0 atom stereocenters. The van der Waals surface area contributed by atoms with Crippen LogP contribution in [0.2, 0.25) is 0 Å². The fraction of sp³-hybridized carbons (Fsp3) is 0.636. The van der Waals surface area contributed by atoms with Gasteiger partial charge in [-0.1, -0.05) is 50.3 Å². The molecule has 1 aromatic rings. The van der Waals surface area contributed by atoms with Crippen LogP contribution >= 0.6 is 0 Å². The summed E-state index contributed by atoms with van der Waals surface area (Å²) in [5.41, 5.74) is 0.850. The fourth-order valence-electron chi connectivity index (χ4n) is 4.20. The van der Waals surface area contributed by atoms with Gasteiger partial charge in [-0.3, -0.25) is 14.5 Å². The zero-order valence-electron chi connectivity index (χ0n) is 16.3. The van der Waals surface area contributed by atoms with Gasteiger partial charge in [0.2, 0.25) is 11.8 Å². The SMILES string of the molecule is O=C(CN1CCC(C(=O)Nc2ccccc2)CC1)NC1CCCCCCC1. The Bertz CT molecular complexity index is 589. The molecule has 148 valence electrons. The topological polar surface area (TPSA) is 61.4 Å². The lowest BCUT2D eigenvalue weighted by Crippen LogP contribution is -2.45. The van der Waals surface area contributed by atoms with Gasteiger partial charge in [-0.25, -0.2) is 0 Å². The van der Waals surface area contributed by atoms with Crippen molar-refractivity contribution < 1.29 is 9.59 Å². The Morgan fingerprint density at radius 3 is 2.19 bits per heavy atom. The number of piperidine rings is 1. The maximum absolute atomic E-state index is 12.4. The Morgan fingerprint density at radius 1 is 0.889 bits per heavy atom. The van der Waals surface area contributed by atoms with E-state index in [-0.39, 0.29) is 17.7 Å². The molecule has 0 radical (unpaired) electrons. The van der Waals surface area contributed by atoms with E-state index >= 15 is 0 Å². The smallest absolute Gasteiger partial charge is 0.234 e. The molecule has 0 bridgehead atoms. The second kappa shape index (κ2) is 10.5. The average Bonchev–Trinajstić information content (AvgIpc) is 2.65. The number of carbonyl (C=O) groups is 2. The summed E-state index contributed by atoms with van der Waals surface area (Å²) in [6.07, 6.45) is 10.3. The molecule has 1 saturated heterocycles. The van der Waals surface area contributed by atoms with Crippen LogP contribution in [-0.4, -0.2) is 42.4 Å². The first kappa shape index (κ1) is 19.9. The number of nitrogens with zero attached hydrogens (tertiary/aromatic N) is 1. The fourth-order valence-corrected chi connectivity index (χ4v) is 4.20. The summed E-state index contributed by atoms with van der Waals surface area (Å²) in [5.74, 6) is 0.280. The van der Waals surface area contributed by atoms with Crippen LogP contribution in [0.15, 0.2) is 30.3 Å². The van der Waals surface area contributed by atoms with Crippen molar-refractivity contribution >= 4 is 17.5 Å². The quantitative estimate of drug-likeness (QED) is 0.832. The van der Waals surface area contributed by atoms with Crippen molar-refractivity contribution in [3.05, 3.63) is 30.3 Å². The number of hydrogen-bond acceptors (Lipinski definition) is 3. The van der Waals surface area contributed by atoms with Crippen molar-refractivity contribution in [2.75, 3.05) is 25.0 Å². The standard InChI is InChI=1S/C22H33N3O2/c26-21(23-19-9-5-2-1-3-6-10-19)17-25-15-13-18(14-16-25)22(27)24-20-11-7-4-8-12-20/h4,7-8,11-12,18-19H,1-3,5-6,9-10,13-17H2,(H,23,26)(H,24,27). The molecule has 0 spiro atoms. The summed E-state index contributed by atoms with van der Waals surface area (Å²) >= 11 is 0. The van der Waals surface area contributed by atoms with E-state index in [1.165, 1.54) is 32.1 Å². The molecule has 2 N–H and O–H groups in total. The van der Waals surface area contributed by atoms with E-state index in [2.05, 4.69) is 15.5 Å². The Labute approximate surface area is 162 Å². The minimum atomic E-state index is 0.0372. The largest absolute Gasteiger partial charge is 0.352 e. The summed E-state index contributed by atoms with van der Waals surface area (Å²) < 4.78 is 0. The monoisotopic (exact) mass is 371 g/mol. The van der Waals surface area contributed by atoms with E-state index < -0.39 is 0 Å². The van der Waals surface area contributed by atoms with Crippen molar-refractivity contribution in [3.63, 3.8) is 0 Å². The summed E-state index contributed by atoms with van der Waals surface area (Å²) in [5, 5.41) is 6.24. The van der Waals surface area contributed by atoms with E-state index in [4.69, 9.17) is 0 Å². The van der Waals surface area contributed by atoms with Crippen molar-refractivity contribution in [2.24, 2.45) is 5.92 Å². The molecule has 0 unspecified atom stereocenters. The third kappa shape index (κ3) is 6.65. The molecule has 2 amide bonds. The highest BCUT2D eigenvalue weighted by atomic mass is 16.2. The highest BCUT2D eigenvalue weighted by Gasteiger charge is 2.26. The average molecular weight is 372 g/mol. The summed E-state index contributed by atoms with van der Waals surface area (Å²) in [6.45, 7) is 2.08. The van der Waals surface area contributed by atoms with Gasteiger partial charge in [0.05, 0.1) is 6.54 Å². The Kier molecular flexibility index (Phi) is 7.69. The lowest BCUT2D eigenvalue weighted by Gasteiger charge is -2.31. The summed E-state index contributed by atoms with van der Waals surface area (Å²) in [4.78, 5) is 27.0. The predicted octanol–water partition coefficient (Wildman–Crippen LogP) is 3.57. The van der Waals surface area contributed by atoms with Crippen LogP contribution in [0.3, 0.4) is 0 Å². The van der Waals surface area contributed by atoms with Gasteiger partial charge >= 0.3 is 0 Å². The van der Waals surface area contributed by atoms with E-state index in [1.807, 2.05) is 30.3 Å². The molecule has 5 heteroatoms. The minimum absolute atomic E-state index is 0.0372. The predicted molar refractivity (Wildman–Crippen MR) is 108 cm³/mol. The summed E-state index contributed by atoms with van der Waals surface area (Å²) in [6, 6.07) is 9.96. The van der Waals surface area contributed by atoms with Crippen molar-refractivity contribution in [2.45, 2.75) is 63.8 Å². The first-order valence-corrected chi connectivity index (χ1v) is 10.6. The third-order valence-corrected chi connectivity index (χ3v) is 5.84. The zero-order valence-corrected chi connectivity index (χ0v) is 16.3. The van der Waals surface area contributed by atoms with Crippen LogP contribution < -0.4 is 10.6 Å². The van der Waals surface area contributed by atoms with Gasteiger partial charge in [0.25, 0.3) is 0 Å². The third-order valence-electron chi connectivity index (χ3n) is 5.84. The number of carbonyl (C=O) groups excluding carboxylic acids is 2. The maximum atomic E-state index is 12.4. The highest BCUT2D eigenvalue weighted by Crippen LogP contribution is 2.20. The van der Waals surface area contributed by atoms with Gasteiger partial charge in [0.15, 0.2) is 0 Å². The van der Waals surface area contributed by atoms with Gasteiger partial charge in [-0.05, 0) is 50.9 Å². The van der Waals surface area contributed by atoms with Crippen LogP contribution in [0.25, 0.3) is 0 Å². The van der Waals surface area contributed by atoms with E-state index in [9.17, 15) is 9.59 Å². The number of likely N-dealkylation sites (tertiary alicyclic amines) is 1. The molecule has 1 aliphatic carbocycles. The molecule has 1 aromatic carbocycles. The number of benzene rings is 1. The number of para-hydroxylation sites is 1. The van der Waals surface area contributed by atoms with Gasteiger partial charge in [-0.15, -0.1) is 0 Å². The van der Waals surface area contributed by atoms with E-state index in [1.54, 1.807) is 0 Å². The molecule has 1 aliphatic heterocycles. The molecule has 2 aliphatic rings. The van der Waals surface area contributed by atoms with Crippen LogP contribution in [0, 0.1) is 5.92 Å². The molecule has 1 saturated carbocycles. The molecule has 1 heterocycles. The summed E-state index contributed by atoms with van der Waals surface area (Å²) in [7, 11) is 0. The Morgan fingerprint density at radius 2 is 1.52 bits per heavy atom. The van der Waals surface area contributed by atoms with Crippen LogP contribution in [0.1, 0.15) is 57.8 Å². The maximum Gasteiger partial charge on any atom is 0.234 e. The minimum Gasteiger partial charge on any atom is -0.352 e. The number of anilines is 1. The van der Waals surface area contributed by atoms with Crippen molar-refractivity contribution in [3.8, 4) is 0 Å². The van der Waals surface area contributed by atoms with Crippen LogP contribution in [-0.2, 0) is 9.59 Å². The van der Waals surface area contributed by atoms with Gasteiger partial charge in [0.1, 0.15) is 0 Å². The molecular weight excluding hydrogens is 338 g/mol. The molecule has 27 heavy (non-hydrogen) atoms. The Balaban J connectivity index is 1.37. The van der Waals surface area contributed by atoms with Crippen molar-refractivity contribution in [1.82, 2.24) is 10.2 Å². The molecular formula is C22H33N3O2. The van der Waals surface area contributed by atoms with Crippen LogP contribution in [0.4, 0.5) is 5.69 Å². The lowest BCUT2D eigenvalue weighted by molar-refractivity contribution is -0.124. The Hall–Kier alpha value is -1.88. The first-order chi connectivity index (χ1) is 13.2. The van der Waals surface area contributed by atoms with Crippen LogP contribution in [0.5, 0.6) is 0 Å². The zero-order chi connectivity index (χ0) is 18.9. The number of amides is 2. The molecule has 2 fully saturated rings. The second-order valence-corrected chi connectivity index (χ2v) is 8.02. The van der Waals surface area contributed by atoms with E-state index in [0.717, 1.165) is 44.5 Å². The highest BCUT2D eigenvalue weighted by molar-refractivity contribution is 5.92. The van der Waals surface area contributed by atoms with E-state index in [0.29, 0.717) is 12.6 Å². The number of rotatable bonds is 5. The normalized spacial score (nSPS) is 20.4. The second-order valence-electron chi connectivity index (χ2n) is 8.02. The number of hydrogen-bond donors (Lipinski definition) is 2. The first-order valence-electron chi connectivity index (χ1n) is 10.6. The molecule has 5 nitrogen and oxygen atoms in total. The molecule has 0 aromatic heterocycles. The molecule has 3 rings (SSSR count). The number of nitrogens with one attached hydrogen (secondary N) is 2. The lowest BCUT2D eigenvalue weighted by atomic mass is 9.95. The van der Waals surface area contributed by atoms with Gasteiger partial charge in [0, 0.05) is 17.6 Å². The van der Waals surface area contributed by atoms with Gasteiger partial charge in [-0.2, -0.15) is 0 Å². The van der Waals surface area contributed by atoms with Crippen molar-refractivity contribution in [1.29, 1.82) is 0 Å². The van der Waals surface area contributed by atoms with Gasteiger partial charge < -0.3 is 10.6 Å².